The van der Waals surface area contributed by atoms with Gasteiger partial charge in [0.1, 0.15) is 0 Å². The molecular weight excluding hydrogens is 272 g/mol. The minimum Gasteiger partial charge on any atom is -0.493 e. The number of fused-ring (bicyclic) bond motifs is 1. The summed E-state index contributed by atoms with van der Waals surface area (Å²) in [6.45, 7) is 4.62. The monoisotopic (exact) mass is 294 g/mol. The Bertz CT molecular complexity index is 495. The number of nitrogens with one attached hydrogen (secondary N) is 1. The van der Waals surface area contributed by atoms with Crippen molar-refractivity contribution < 1.29 is 18.9 Å². The first kappa shape index (κ1) is 14.4. The highest BCUT2D eigenvalue weighted by atomic mass is 16.7. The summed E-state index contributed by atoms with van der Waals surface area (Å²) < 4.78 is 21.9. The molecule has 0 aromatic heterocycles. The van der Waals surface area contributed by atoms with Gasteiger partial charge in [0.25, 0.3) is 0 Å². The van der Waals surface area contributed by atoms with Crippen LogP contribution in [0.15, 0.2) is 12.1 Å². The number of rotatable bonds is 5. The summed E-state index contributed by atoms with van der Waals surface area (Å²) in [6.07, 6.45) is 0.250. The van der Waals surface area contributed by atoms with E-state index >= 15 is 0 Å². The predicted molar refractivity (Wildman–Crippen MR) is 78.1 cm³/mol. The van der Waals surface area contributed by atoms with Gasteiger partial charge < -0.3 is 29.2 Å². The van der Waals surface area contributed by atoms with Crippen molar-refractivity contribution in [3.8, 4) is 17.2 Å². The summed E-state index contributed by atoms with van der Waals surface area (Å²) in [6, 6.07) is 3.97. The maximum Gasteiger partial charge on any atom is 0.231 e. The Morgan fingerprint density at radius 1 is 1.38 bits per heavy atom. The molecule has 0 unspecified atom stereocenters. The molecule has 2 aliphatic heterocycles. The molecule has 1 atom stereocenters. The first-order valence-electron chi connectivity index (χ1n) is 7.23. The second kappa shape index (κ2) is 6.51. The Hall–Kier alpha value is -1.50. The molecule has 1 N–H and O–H groups in total. The van der Waals surface area contributed by atoms with Gasteiger partial charge in [-0.3, -0.25) is 0 Å². The van der Waals surface area contributed by atoms with Crippen LogP contribution in [0.4, 0.5) is 0 Å². The van der Waals surface area contributed by atoms with Gasteiger partial charge in [-0.05, 0) is 24.7 Å². The number of benzene rings is 1. The molecule has 0 aliphatic carbocycles. The largest absolute Gasteiger partial charge is 0.493 e. The second-order valence-electron chi connectivity index (χ2n) is 5.42. The quantitative estimate of drug-likeness (QED) is 0.869. The minimum atomic E-state index is 0.250. The molecule has 21 heavy (non-hydrogen) atoms. The zero-order chi connectivity index (χ0) is 14.7. The van der Waals surface area contributed by atoms with Gasteiger partial charge in [-0.15, -0.1) is 0 Å². The summed E-state index contributed by atoms with van der Waals surface area (Å²) in [4.78, 5) is 2.29. The summed E-state index contributed by atoms with van der Waals surface area (Å²) in [7, 11) is 3.76. The second-order valence-corrected chi connectivity index (χ2v) is 5.42. The van der Waals surface area contributed by atoms with E-state index in [1.165, 1.54) is 0 Å². The van der Waals surface area contributed by atoms with Crippen LogP contribution >= 0.6 is 0 Å². The number of ether oxygens (including phenoxy) is 4. The molecule has 2 aliphatic rings. The van der Waals surface area contributed by atoms with Crippen LogP contribution in [0, 0.1) is 0 Å². The summed E-state index contributed by atoms with van der Waals surface area (Å²) in [5.41, 5.74) is 1.11. The molecule has 0 amide bonds. The summed E-state index contributed by atoms with van der Waals surface area (Å²) in [5.74, 6) is 2.16. The van der Waals surface area contributed by atoms with Crippen molar-refractivity contribution in [1.82, 2.24) is 10.2 Å². The van der Waals surface area contributed by atoms with Gasteiger partial charge >= 0.3 is 0 Å². The molecule has 2 heterocycles. The van der Waals surface area contributed by atoms with E-state index in [4.69, 9.17) is 18.9 Å². The van der Waals surface area contributed by atoms with E-state index in [1.807, 2.05) is 12.1 Å². The number of morpholine rings is 1. The van der Waals surface area contributed by atoms with Crippen LogP contribution in [0.25, 0.3) is 0 Å². The van der Waals surface area contributed by atoms with Gasteiger partial charge in [0.2, 0.25) is 12.5 Å². The van der Waals surface area contributed by atoms with Gasteiger partial charge in [-0.1, -0.05) is 0 Å². The molecule has 1 aromatic carbocycles. The summed E-state index contributed by atoms with van der Waals surface area (Å²) in [5, 5.41) is 3.43. The van der Waals surface area contributed by atoms with E-state index in [0.29, 0.717) is 5.75 Å². The average molecular weight is 294 g/mol. The smallest absolute Gasteiger partial charge is 0.231 e. The van der Waals surface area contributed by atoms with Crippen molar-refractivity contribution in [2.24, 2.45) is 0 Å². The van der Waals surface area contributed by atoms with Crippen molar-refractivity contribution in [3.05, 3.63) is 17.7 Å². The van der Waals surface area contributed by atoms with E-state index < -0.39 is 0 Å². The summed E-state index contributed by atoms with van der Waals surface area (Å²) >= 11 is 0. The van der Waals surface area contributed by atoms with Crippen molar-refractivity contribution in [1.29, 1.82) is 0 Å². The Labute approximate surface area is 124 Å². The van der Waals surface area contributed by atoms with Gasteiger partial charge in [-0.2, -0.15) is 0 Å². The fourth-order valence-corrected chi connectivity index (χ4v) is 2.65. The molecule has 6 heteroatoms. The van der Waals surface area contributed by atoms with E-state index in [1.54, 1.807) is 7.11 Å². The van der Waals surface area contributed by atoms with Crippen molar-refractivity contribution in [3.63, 3.8) is 0 Å². The molecule has 0 saturated carbocycles. The molecule has 1 fully saturated rings. The van der Waals surface area contributed by atoms with Crippen molar-refractivity contribution in [2.45, 2.75) is 12.6 Å². The third kappa shape index (κ3) is 3.40. The maximum atomic E-state index is 5.73. The van der Waals surface area contributed by atoms with Crippen LogP contribution < -0.4 is 19.5 Å². The zero-order valence-corrected chi connectivity index (χ0v) is 12.6. The molecule has 0 spiro atoms. The van der Waals surface area contributed by atoms with Gasteiger partial charge in [0.15, 0.2) is 11.5 Å². The Morgan fingerprint density at radius 2 is 2.29 bits per heavy atom. The molecule has 0 radical (unpaired) electrons. The molecule has 6 nitrogen and oxygen atoms in total. The lowest BCUT2D eigenvalue weighted by Gasteiger charge is -2.30. The van der Waals surface area contributed by atoms with Crippen molar-refractivity contribution in [2.75, 3.05) is 47.2 Å². The highest BCUT2D eigenvalue weighted by Crippen LogP contribution is 2.41. The van der Waals surface area contributed by atoms with Gasteiger partial charge in [-0.25, -0.2) is 0 Å². The van der Waals surface area contributed by atoms with E-state index in [9.17, 15) is 0 Å². The number of hydrogen-bond acceptors (Lipinski definition) is 6. The first-order chi connectivity index (χ1) is 10.3. The number of likely N-dealkylation sites (N-methyl/N-ethyl adjacent to an activating group) is 1. The SMILES string of the molecule is COc1cc(CNC[C@@H]2CN(C)CCO2)cc2c1OCO2. The lowest BCUT2D eigenvalue weighted by Crippen LogP contribution is -2.44. The zero-order valence-electron chi connectivity index (χ0n) is 12.6. The lowest BCUT2D eigenvalue weighted by molar-refractivity contribution is -0.0182. The molecule has 0 bridgehead atoms. The molecule has 3 rings (SSSR count). The standard InChI is InChI=1S/C15H22N2O4/c1-17-3-4-19-12(9-17)8-16-7-11-5-13(18-2)15-14(6-11)20-10-21-15/h5-6,12,16H,3-4,7-10H2,1-2H3/t12-/m1/s1. The van der Waals surface area contributed by atoms with Crippen LogP contribution in [0.1, 0.15) is 5.56 Å². The molecular formula is C15H22N2O4. The average Bonchev–Trinajstić information content (AvgIpc) is 2.95. The fourth-order valence-electron chi connectivity index (χ4n) is 2.65. The van der Waals surface area contributed by atoms with Crippen LogP contribution in [-0.4, -0.2) is 58.2 Å². The topological polar surface area (TPSA) is 52.2 Å². The third-order valence-electron chi connectivity index (χ3n) is 3.76. The molecule has 1 saturated heterocycles. The van der Waals surface area contributed by atoms with Gasteiger partial charge in [0, 0.05) is 26.2 Å². The number of hydrogen-bond donors (Lipinski definition) is 1. The molecule has 1 aromatic rings. The highest BCUT2D eigenvalue weighted by Gasteiger charge is 2.20. The molecule has 116 valence electrons. The van der Waals surface area contributed by atoms with Crippen LogP contribution in [-0.2, 0) is 11.3 Å². The highest BCUT2D eigenvalue weighted by molar-refractivity contribution is 5.55. The predicted octanol–water partition coefficient (Wildman–Crippen LogP) is 0.844. The Kier molecular flexibility index (Phi) is 4.48. The lowest BCUT2D eigenvalue weighted by atomic mass is 10.1. The van der Waals surface area contributed by atoms with Crippen LogP contribution in [0.5, 0.6) is 17.2 Å². The maximum absolute atomic E-state index is 5.73. The van der Waals surface area contributed by atoms with Crippen molar-refractivity contribution >= 4 is 0 Å². The Morgan fingerprint density at radius 3 is 3.10 bits per heavy atom. The van der Waals surface area contributed by atoms with E-state index in [-0.39, 0.29) is 12.9 Å². The normalized spacial score (nSPS) is 21.5. The first-order valence-corrected chi connectivity index (χ1v) is 7.23. The minimum absolute atomic E-state index is 0.250. The van der Waals surface area contributed by atoms with Crippen LogP contribution in [0.3, 0.4) is 0 Å². The van der Waals surface area contributed by atoms with Crippen LogP contribution in [0.2, 0.25) is 0 Å². The number of nitrogens with zero attached hydrogens (tertiary/aromatic N) is 1. The fraction of sp³-hybridized carbons (Fsp3) is 0.600. The van der Waals surface area contributed by atoms with Gasteiger partial charge in [0.05, 0.1) is 19.8 Å². The van der Waals surface area contributed by atoms with E-state index in [2.05, 4.69) is 17.3 Å². The van der Waals surface area contributed by atoms with E-state index in [0.717, 1.165) is 49.8 Å². The Balaban J connectivity index is 1.56. The third-order valence-corrected chi connectivity index (χ3v) is 3.76. The number of methoxy groups -OCH3 is 1.